The van der Waals surface area contributed by atoms with E-state index in [1.54, 1.807) is 31.3 Å². The maximum Gasteiger partial charge on any atom is 0.247 e. The van der Waals surface area contributed by atoms with E-state index >= 15 is 0 Å². The third-order valence-corrected chi connectivity index (χ3v) is 7.78. The molecule has 3 atom stereocenters. The Labute approximate surface area is 197 Å². The highest BCUT2D eigenvalue weighted by molar-refractivity contribution is 7.89. The average molecular weight is 472 g/mol. The Morgan fingerprint density at radius 2 is 2.09 bits per heavy atom. The van der Waals surface area contributed by atoms with Gasteiger partial charge in [0.25, 0.3) is 0 Å². The lowest BCUT2D eigenvalue weighted by Crippen LogP contribution is -2.49. The monoisotopic (exact) mass is 471 g/mol. The standard InChI is InChI=1S/C25H33N3O4S/c1-5-14-27(4)17-24-19(2)16-28(20(3)18-29)33(30,31)25-12-10-21(15-23(25)32-24)9-11-22-8-6-7-13-26-22/h6-8,10,12-13,15,19-20,24,29H,5,14,16-18H2,1-4H3/t19-,20-,24-/m1/s1. The van der Waals surface area contributed by atoms with Crippen molar-refractivity contribution in [3.8, 4) is 17.6 Å². The van der Waals surface area contributed by atoms with Crippen molar-refractivity contribution in [3.63, 3.8) is 0 Å². The Balaban J connectivity index is 2.05. The molecule has 3 rings (SSSR count). The van der Waals surface area contributed by atoms with Gasteiger partial charge in [-0.1, -0.05) is 25.8 Å². The first-order chi connectivity index (χ1) is 15.8. The lowest BCUT2D eigenvalue weighted by atomic mass is 10.0. The quantitative estimate of drug-likeness (QED) is 0.652. The molecule has 1 aromatic heterocycles. The number of ether oxygens (including phenoxy) is 1. The zero-order chi connectivity index (χ0) is 24.0. The summed E-state index contributed by atoms with van der Waals surface area (Å²) in [5.74, 6) is 6.27. The van der Waals surface area contributed by atoms with Gasteiger partial charge < -0.3 is 14.7 Å². The zero-order valence-corrected chi connectivity index (χ0v) is 20.5. The summed E-state index contributed by atoms with van der Waals surface area (Å²) in [6, 6.07) is 9.88. The van der Waals surface area contributed by atoms with Gasteiger partial charge in [-0.15, -0.1) is 0 Å². The number of benzene rings is 1. The topological polar surface area (TPSA) is 83.0 Å². The van der Waals surface area contributed by atoms with Crippen LogP contribution in [0.1, 0.15) is 38.4 Å². The molecule has 7 nitrogen and oxygen atoms in total. The molecule has 1 aliphatic heterocycles. The highest BCUT2D eigenvalue weighted by atomic mass is 32.2. The minimum absolute atomic E-state index is 0.0792. The Bertz CT molecular complexity index is 1100. The number of aliphatic hydroxyl groups is 1. The fourth-order valence-corrected chi connectivity index (χ4v) is 5.70. The van der Waals surface area contributed by atoms with E-state index in [0.717, 1.165) is 13.0 Å². The van der Waals surface area contributed by atoms with Gasteiger partial charge in [-0.3, -0.25) is 0 Å². The maximum atomic E-state index is 13.5. The van der Waals surface area contributed by atoms with E-state index in [1.807, 2.05) is 32.2 Å². The van der Waals surface area contributed by atoms with Gasteiger partial charge >= 0.3 is 0 Å². The number of sulfonamides is 1. The molecular formula is C25H33N3O4S. The van der Waals surface area contributed by atoms with Gasteiger partial charge in [0.15, 0.2) is 0 Å². The van der Waals surface area contributed by atoms with Crippen LogP contribution in [0.25, 0.3) is 0 Å². The zero-order valence-electron chi connectivity index (χ0n) is 19.7. The van der Waals surface area contributed by atoms with Gasteiger partial charge in [0.1, 0.15) is 22.4 Å². The molecule has 1 aromatic carbocycles. The van der Waals surface area contributed by atoms with Crippen molar-refractivity contribution in [1.29, 1.82) is 0 Å². The fourth-order valence-electron chi connectivity index (χ4n) is 3.87. The summed E-state index contributed by atoms with van der Waals surface area (Å²) in [7, 11) is -1.82. The predicted molar refractivity (Wildman–Crippen MR) is 128 cm³/mol. The van der Waals surface area contributed by atoms with Crippen LogP contribution in [0.3, 0.4) is 0 Å². The number of rotatable bonds is 6. The summed E-state index contributed by atoms with van der Waals surface area (Å²) in [5, 5.41) is 9.75. The molecule has 0 bridgehead atoms. The summed E-state index contributed by atoms with van der Waals surface area (Å²) >= 11 is 0. The second-order valence-corrected chi connectivity index (χ2v) is 10.5. The highest BCUT2D eigenvalue weighted by Crippen LogP contribution is 2.34. The summed E-state index contributed by atoms with van der Waals surface area (Å²) < 4.78 is 34.8. The molecule has 0 saturated heterocycles. The summed E-state index contributed by atoms with van der Waals surface area (Å²) in [5.41, 5.74) is 1.28. The number of pyridine rings is 1. The van der Waals surface area contributed by atoms with Crippen LogP contribution in [0.15, 0.2) is 47.5 Å². The van der Waals surface area contributed by atoms with E-state index in [2.05, 4.69) is 28.6 Å². The van der Waals surface area contributed by atoms with E-state index in [-0.39, 0.29) is 30.1 Å². The number of likely N-dealkylation sites (N-methyl/N-ethyl adjacent to an activating group) is 1. The third-order valence-electron chi connectivity index (χ3n) is 5.76. The maximum absolute atomic E-state index is 13.5. The lowest BCUT2D eigenvalue weighted by molar-refractivity contribution is 0.0752. The number of hydrogen-bond donors (Lipinski definition) is 1. The summed E-state index contributed by atoms with van der Waals surface area (Å²) in [6.45, 7) is 7.44. The SMILES string of the molecule is CCCN(C)C[C@H]1Oc2cc(C#Cc3ccccn3)ccc2S(=O)(=O)N([C@H](C)CO)C[C@H]1C. The number of aromatic nitrogens is 1. The van der Waals surface area contributed by atoms with Gasteiger partial charge in [0.2, 0.25) is 10.0 Å². The lowest BCUT2D eigenvalue weighted by Gasteiger charge is -2.37. The van der Waals surface area contributed by atoms with Crippen LogP contribution >= 0.6 is 0 Å². The van der Waals surface area contributed by atoms with E-state index < -0.39 is 16.1 Å². The first-order valence-electron chi connectivity index (χ1n) is 11.3. The van der Waals surface area contributed by atoms with Crippen LogP contribution in [0.5, 0.6) is 5.75 Å². The van der Waals surface area contributed by atoms with Crippen LogP contribution in [-0.4, -0.2) is 73.1 Å². The van der Waals surface area contributed by atoms with Crippen LogP contribution in [0.4, 0.5) is 0 Å². The predicted octanol–water partition coefficient (Wildman–Crippen LogP) is 2.59. The number of nitrogens with zero attached hydrogens (tertiary/aromatic N) is 3. The molecule has 2 heterocycles. The van der Waals surface area contributed by atoms with Crippen molar-refractivity contribution in [3.05, 3.63) is 53.9 Å². The number of fused-ring (bicyclic) bond motifs is 1. The summed E-state index contributed by atoms with van der Waals surface area (Å²) in [4.78, 5) is 6.50. The normalized spacial score (nSPS) is 21.2. The van der Waals surface area contributed by atoms with Crippen LogP contribution in [0.2, 0.25) is 0 Å². The molecule has 0 fully saturated rings. The largest absolute Gasteiger partial charge is 0.487 e. The molecule has 0 saturated carbocycles. The number of aliphatic hydroxyl groups excluding tert-OH is 1. The van der Waals surface area contributed by atoms with Crippen molar-refractivity contribution in [2.45, 2.75) is 44.2 Å². The second kappa shape index (κ2) is 11.1. The molecule has 0 unspecified atom stereocenters. The molecule has 8 heteroatoms. The van der Waals surface area contributed by atoms with E-state index in [0.29, 0.717) is 23.6 Å². The van der Waals surface area contributed by atoms with Crippen LogP contribution in [0, 0.1) is 17.8 Å². The van der Waals surface area contributed by atoms with Gasteiger partial charge in [-0.2, -0.15) is 4.31 Å². The minimum Gasteiger partial charge on any atom is -0.487 e. The van der Waals surface area contributed by atoms with Crippen LogP contribution < -0.4 is 4.74 Å². The smallest absolute Gasteiger partial charge is 0.247 e. The molecule has 0 radical (unpaired) electrons. The highest BCUT2D eigenvalue weighted by Gasteiger charge is 2.38. The van der Waals surface area contributed by atoms with Gasteiger partial charge in [-0.05, 0) is 63.2 Å². The Morgan fingerprint density at radius 1 is 1.30 bits per heavy atom. The van der Waals surface area contributed by atoms with E-state index in [1.165, 1.54) is 4.31 Å². The van der Waals surface area contributed by atoms with Gasteiger partial charge in [0, 0.05) is 36.8 Å². The molecule has 1 aliphatic rings. The molecule has 0 amide bonds. The van der Waals surface area contributed by atoms with Crippen molar-refractivity contribution < 1.29 is 18.3 Å². The second-order valence-electron chi connectivity index (χ2n) is 8.63. The molecule has 0 aliphatic carbocycles. The van der Waals surface area contributed by atoms with Crippen molar-refractivity contribution in [2.24, 2.45) is 5.92 Å². The van der Waals surface area contributed by atoms with E-state index in [4.69, 9.17) is 4.74 Å². The first kappa shape index (κ1) is 25.2. The Hall–Kier alpha value is -2.44. The Kier molecular flexibility index (Phi) is 8.49. The Morgan fingerprint density at radius 3 is 2.76 bits per heavy atom. The molecule has 2 aromatic rings. The number of hydrogen-bond acceptors (Lipinski definition) is 6. The molecule has 0 spiro atoms. The molecular weight excluding hydrogens is 438 g/mol. The van der Waals surface area contributed by atoms with Gasteiger partial charge in [-0.25, -0.2) is 13.4 Å². The first-order valence-corrected chi connectivity index (χ1v) is 12.7. The van der Waals surface area contributed by atoms with Crippen molar-refractivity contribution >= 4 is 10.0 Å². The van der Waals surface area contributed by atoms with Crippen molar-refractivity contribution in [1.82, 2.24) is 14.2 Å². The van der Waals surface area contributed by atoms with Crippen LogP contribution in [-0.2, 0) is 10.0 Å². The molecule has 178 valence electrons. The fraction of sp³-hybridized carbons (Fsp3) is 0.480. The average Bonchev–Trinajstić information content (AvgIpc) is 2.80. The molecule has 33 heavy (non-hydrogen) atoms. The van der Waals surface area contributed by atoms with E-state index in [9.17, 15) is 13.5 Å². The van der Waals surface area contributed by atoms with Gasteiger partial charge in [0.05, 0.1) is 6.61 Å². The third kappa shape index (κ3) is 6.12. The minimum atomic E-state index is -3.86. The molecule has 1 N–H and O–H groups in total. The summed E-state index contributed by atoms with van der Waals surface area (Å²) in [6.07, 6.45) is 2.47. The van der Waals surface area contributed by atoms with Crippen molar-refractivity contribution in [2.75, 3.05) is 33.3 Å².